The molecule has 0 aromatic carbocycles. The van der Waals surface area contributed by atoms with Crippen LogP contribution in [-0.2, 0) is 7.05 Å². The van der Waals surface area contributed by atoms with Crippen molar-refractivity contribution in [3.8, 4) is 11.3 Å². The van der Waals surface area contributed by atoms with Crippen LogP contribution < -0.4 is 0 Å². The Balaban J connectivity index is 1.36. The number of carbonyl (C=O) groups is 1. The molecule has 4 aromatic heterocycles. The number of amides is 1. The number of carbonyl (C=O) groups excluding carboxylic acids is 1. The molecule has 0 unspecified atom stereocenters. The average Bonchev–Trinajstić information content (AvgIpc) is 3.36. The van der Waals surface area contributed by atoms with Crippen LogP contribution in [0.15, 0.2) is 42.7 Å². The zero-order chi connectivity index (χ0) is 20.7. The molecule has 9 heteroatoms. The number of pyridine rings is 1. The summed E-state index contributed by atoms with van der Waals surface area (Å²) in [6.07, 6.45) is 5.18. The molecule has 4 aromatic rings. The lowest BCUT2D eigenvalue weighted by Gasteiger charge is -2.31. The van der Waals surface area contributed by atoms with E-state index in [-0.39, 0.29) is 11.8 Å². The van der Waals surface area contributed by atoms with Gasteiger partial charge in [0.05, 0.1) is 11.4 Å². The topological polar surface area (TPSA) is 94.1 Å². The number of hydrogen-bond donors (Lipinski definition) is 0. The molecular formula is C21H22N8O. The Kier molecular flexibility index (Phi) is 4.50. The van der Waals surface area contributed by atoms with Crippen molar-refractivity contribution >= 4 is 11.6 Å². The van der Waals surface area contributed by atoms with Crippen LogP contribution >= 0.6 is 0 Å². The number of likely N-dealkylation sites (tertiary alicyclic amines) is 1. The summed E-state index contributed by atoms with van der Waals surface area (Å²) in [6.45, 7) is 3.24. The van der Waals surface area contributed by atoms with E-state index >= 15 is 0 Å². The fourth-order valence-electron chi connectivity index (χ4n) is 4.04. The van der Waals surface area contributed by atoms with Gasteiger partial charge >= 0.3 is 0 Å². The number of rotatable bonds is 3. The van der Waals surface area contributed by atoms with Crippen LogP contribution in [0.1, 0.15) is 40.8 Å². The van der Waals surface area contributed by atoms with Gasteiger partial charge in [-0.3, -0.25) is 14.5 Å². The molecule has 5 rings (SSSR count). The summed E-state index contributed by atoms with van der Waals surface area (Å²) in [5, 5.41) is 17.7. The monoisotopic (exact) mass is 402 g/mol. The van der Waals surface area contributed by atoms with E-state index in [1.807, 2.05) is 46.7 Å². The maximum absolute atomic E-state index is 12.9. The molecule has 1 saturated heterocycles. The summed E-state index contributed by atoms with van der Waals surface area (Å²) in [5.41, 5.74) is 3.98. The summed E-state index contributed by atoms with van der Waals surface area (Å²) >= 11 is 0. The van der Waals surface area contributed by atoms with E-state index < -0.39 is 0 Å². The third-order valence-electron chi connectivity index (χ3n) is 5.61. The van der Waals surface area contributed by atoms with Crippen molar-refractivity contribution in [2.45, 2.75) is 25.7 Å². The van der Waals surface area contributed by atoms with Crippen LogP contribution in [0, 0.1) is 6.92 Å². The molecule has 1 fully saturated rings. The molecule has 0 radical (unpaired) electrons. The van der Waals surface area contributed by atoms with Gasteiger partial charge in [-0.2, -0.15) is 14.7 Å². The predicted octanol–water partition coefficient (Wildman–Crippen LogP) is 2.25. The SMILES string of the molecule is Cc1cc(C(=O)N2CCC(c3nnc4ccc(-c5cccnc5)nn34)CC2)n(C)n1. The van der Waals surface area contributed by atoms with Crippen LogP contribution in [0.25, 0.3) is 16.9 Å². The van der Waals surface area contributed by atoms with Gasteiger partial charge in [0.1, 0.15) is 5.69 Å². The lowest BCUT2D eigenvalue weighted by Crippen LogP contribution is -2.39. The predicted molar refractivity (Wildman–Crippen MR) is 110 cm³/mol. The van der Waals surface area contributed by atoms with Crippen molar-refractivity contribution < 1.29 is 4.79 Å². The summed E-state index contributed by atoms with van der Waals surface area (Å²) in [7, 11) is 1.81. The first-order valence-electron chi connectivity index (χ1n) is 10.0. The van der Waals surface area contributed by atoms with Gasteiger partial charge in [-0.15, -0.1) is 10.2 Å². The van der Waals surface area contributed by atoms with Crippen molar-refractivity contribution in [3.05, 3.63) is 59.9 Å². The second-order valence-corrected chi connectivity index (χ2v) is 7.65. The van der Waals surface area contributed by atoms with E-state index in [1.54, 1.807) is 24.1 Å². The number of piperidine rings is 1. The highest BCUT2D eigenvalue weighted by atomic mass is 16.2. The molecule has 0 atom stereocenters. The zero-order valence-electron chi connectivity index (χ0n) is 16.9. The normalized spacial score (nSPS) is 15.1. The largest absolute Gasteiger partial charge is 0.337 e. The van der Waals surface area contributed by atoms with Crippen LogP contribution in [0.5, 0.6) is 0 Å². The maximum atomic E-state index is 12.9. The van der Waals surface area contributed by atoms with Crippen LogP contribution in [-0.4, -0.2) is 58.5 Å². The highest BCUT2D eigenvalue weighted by Gasteiger charge is 2.29. The smallest absolute Gasteiger partial charge is 0.272 e. The Morgan fingerprint density at radius 1 is 1.10 bits per heavy atom. The van der Waals surface area contributed by atoms with Gasteiger partial charge in [-0.1, -0.05) is 0 Å². The molecule has 1 aliphatic rings. The molecule has 0 N–H and O–H groups in total. The lowest BCUT2D eigenvalue weighted by atomic mass is 9.96. The summed E-state index contributed by atoms with van der Waals surface area (Å²) < 4.78 is 3.48. The molecule has 0 bridgehead atoms. The maximum Gasteiger partial charge on any atom is 0.272 e. The van der Waals surface area contributed by atoms with E-state index in [4.69, 9.17) is 5.10 Å². The fourth-order valence-corrected chi connectivity index (χ4v) is 4.04. The minimum absolute atomic E-state index is 0.0274. The molecule has 1 aliphatic heterocycles. The van der Waals surface area contributed by atoms with Crippen molar-refractivity contribution in [2.75, 3.05) is 13.1 Å². The third-order valence-corrected chi connectivity index (χ3v) is 5.61. The second kappa shape index (κ2) is 7.33. The minimum atomic E-state index is 0.0274. The lowest BCUT2D eigenvalue weighted by molar-refractivity contribution is 0.0699. The number of hydrogen-bond acceptors (Lipinski definition) is 6. The Morgan fingerprint density at radius 3 is 2.63 bits per heavy atom. The van der Waals surface area contributed by atoms with E-state index in [0.717, 1.165) is 41.3 Å². The molecule has 152 valence electrons. The van der Waals surface area contributed by atoms with Gasteiger partial charge in [0.15, 0.2) is 11.5 Å². The first kappa shape index (κ1) is 18.4. The quantitative estimate of drug-likeness (QED) is 0.522. The molecule has 0 saturated carbocycles. The molecule has 5 heterocycles. The zero-order valence-corrected chi connectivity index (χ0v) is 16.9. The molecule has 0 spiro atoms. The van der Waals surface area contributed by atoms with E-state index in [1.165, 1.54) is 0 Å². The van der Waals surface area contributed by atoms with E-state index in [9.17, 15) is 4.79 Å². The molecule has 1 amide bonds. The van der Waals surface area contributed by atoms with Gasteiger partial charge in [0.2, 0.25) is 0 Å². The third kappa shape index (κ3) is 3.22. The first-order valence-corrected chi connectivity index (χ1v) is 10.0. The van der Waals surface area contributed by atoms with Crippen molar-refractivity contribution in [3.63, 3.8) is 0 Å². The molecule has 0 aliphatic carbocycles. The number of fused-ring (bicyclic) bond motifs is 1. The second-order valence-electron chi connectivity index (χ2n) is 7.65. The van der Waals surface area contributed by atoms with Gasteiger partial charge in [0, 0.05) is 44.0 Å². The van der Waals surface area contributed by atoms with Gasteiger partial charge in [-0.05, 0) is 50.1 Å². The molecular weight excluding hydrogens is 380 g/mol. The summed E-state index contributed by atoms with van der Waals surface area (Å²) in [5.74, 6) is 1.08. The standard InChI is InChI=1S/C21H22N8O/c1-14-12-18(27(2)25-14)21(30)28-10-7-15(8-11-28)20-24-23-19-6-5-17(26-29(19)20)16-4-3-9-22-13-16/h3-6,9,12-13,15H,7-8,10-11H2,1-2H3. The average molecular weight is 402 g/mol. The minimum Gasteiger partial charge on any atom is -0.337 e. The van der Waals surface area contributed by atoms with E-state index in [0.29, 0.717) is 18.8 Å². The fraction of sp³-hybridized carbons (Fsp3) is 0.333. The van der Waals surface area contributed by atoms with Crippen LogP contribution in [0.2, 0.25) is 0 Å². The summed E-state index contributed by atoms with van der Waals surface area (Å²) in [4.78, 5) is 18.9. The Labute approximate surface area is 173 Å². The first-order chi connectivity index (χ1) is 14.6. The van der Waals surface area contributed by atoms with Gasteiger partial charge in [-0.25, -0.2) is 0 Å². The molecule has 9 nitrogen and oxygen atoms in total. The number of aromatic nitrogens is 7. The number of aryl methyl sites for hydroxylation is 2. The Bertz CT molecular complexity index is 1200. The van der Waals surface area contributed by atoms with Crippen molar-refractivity contribution in [2.24, 2.45) is 7.05 Å². The highest BCUT2D eigenvalue weighted by Crippen LogP contribution is 2.28. The van der Waals surface area contributed by atoms with Crippen molar-refractivity contribution in [1.82, 2.24) is 39.5 Å². The number of nitrogens with zero attached hydrogens (tertiary/aromatic N) is 8. The van der Waals surface area contributed by atoms with E-state index in [2.05, 4.69) is 20.3 Å². The Morgan fingerprint density at radius 2 is 1.93 bits per heavy atom. The van der Waals surface area contributed by atoms with Crippen LogP contribution in [0.3, 0.4) is 0 Å². The van der Waals surface area contributed by atoms with Crippen molar-refractivity contribution in [1.29, 1.82) is 0 Å². The highest BCUT2D eigenvalue weighted by molar-refractivity contribution is 5.92. The molecule has 30 heavy (non-hydrogen) atoms. The van der Waals surface area contributed by atoms with Gasteiger partial charge in [0.25, 0.3) is 5.91 Å². The van der Waals surface area contributed by atoms with Gasteiger partial charge < -0.3 is 4.90 Å². The van der Waals surface area contributed by atoms with Crippen LogP contribution in [0.4, 0.5) is 0 Å². The summed E-state index contributed by atoms with van der Waals surface area (Å²) in [6, 6.07) is 9.57. The Hall–Kier alpha value is -3.62.